The highest BCUT2D eigenvalue weighted by Crippen LogP contribution is 2.56. The Hall–Kier alpha value is -2.54. The van der Waals surface area contributed by atoms with E-state index >= 15 is 0 Å². The van der Waals surface area contributed by atoms with Gasteiger partial charge in [0.05, 0.1) is 13.2 Å². The van der Waals surface area contributed by atoms with Crippen LogP contribution in [0, 0.1) is 5.92 Å². The number of benzene rings is 2. The molecule has 2 aliphatic heterocycles. The Kier molecular flexibility index (Phi) is 3.69. The monoisotopic (exact) mass is 379 g/mol. The van der Waals surface area contributed by atoms with Crippen molar-refractivity contribution in [2.75, 3.05) is 18.2 Å². The van der Waals surface area contributed by atoms with Gasteiger partial charge in [-0.1, -0.05) is 32.0 Å². The van der Waals surface area contributed by atoms with Crippen LogP contribution in [0.15, 0.2) is 41.3 Å². The summed E-state index contributed by atoms with van der Waals surface area (Å²) < 4.78 is 5.72. The number of hydrogen-bond donors (Lipinski definition) is 2. The second kappa shape index (κ2) is 5.99. The van der Waals surface area contributed by atoms with Gasteiger partial charge in [0.25, 0.3) is 0 Å². The van der Waals surface area contributed by atoms with Gasteiger partial charge in [-0.25, -0.2) is 5.10 Å². The largest absolute Gasteiger partial charge is 0.496 e. The molecule has 6 nitrogen and oxygen atoms in total. The van der Waals surface area contributed by atoms with Crippen LogP contribution < -0.4 is 10.1 Å². The number of nitrogens with one attached hydrogen (secondary N) is 2. The van der Waals surface area contributed by atoms with E-state index in [1.54, 1.807) is 7.11 Å². The number of nitrogens with zero attached hydrogens (tertiary/aromatic N) is 3. The third-order valence-corrected chi connectivity index (χ3v) is 7.14. The normalized spacial score (nSPS) is 22.2. The van der Waals surface area contributed by atoms with Crippen LogP contribution in [0.4, 0.5) is 5.69 Å². The molecule has 0 amide bonds. The molecule has 2 atom stereocenters. The SMILES string of the molecule is COc1cccc2c1[C@H]1Nc3cc(-c4nnn[nH]4)ccc3C(C)(C)[C@H]1CS2. The predicted molar refractivity (Wildman–Crippen MR) is 106 cm³/mol. The average molecular weight is 379 g/mol. The zero-order valence-electron chi connectivity index (χ0n) is 15.5. The quantitative estimate of drug-likeness (QED) is 0.700. The van der Waals surface area contributed by atoms with Crippen molar-refractivity contribution < 1.29 is 4.74 Å². The summed E-state index contributed by atoms with van der Waals surface area (Å²) in [5.74, 6) is 3.18. The lowest BCUT2D eigenvalue weighted by atomic mass is 9.66. The molecule has 2 N–H and O–H groups in total. The van der Waals surface area contributed by atoms with Crippen LogP contribution in [-0.2, 0) is 5.41 Å². The van der Waals surface area contributed by atoms with E-state index in [1.165, 1.54) is 16.0 Å². The molecule has 0 saturated heterocycles. The molecule has 5 rings (SSSR count). The minimum absolute atomic E-state index is 0.0367. The summed E-state index contributed by atoms with van der Waals surface area (Å²) in [4.78, 5) is 1.30. The molecule has 0 radical (unpaired) electrons. The van der Waals surface area contributed by atoms with Gasteiger partial charge in [0.2, 0.25) is 0 Å². The molecular weight excluding hydrogens is 358 g/mol. The lowest BCUT2D eigenvalue weighted by Gasteiger charge is -2.49. The Labute approximate surface area is 162 Å². The standard InChI is InChI=1S/C20H21N5OS/c1-20(2)12-8-7-11(19-22-24-25-23-19)9-14(12)21-18-13(20)10-27-16-6-4-5-15(26-3)17(16)18/h4-9,13,18,21H,10H2,1-3H3,(H,22,23,24,25)/t13-,18-/m0/s1. The third-order valence-electron chi connectivity index (χ3n) is 5.95. The number of aromatic amines is 1. The fourth-order valence-electron chi connectivity index (χ4n) is 4.43. The van der Waals surface area contributed by atoms with Gasteiger partial charge in [0.15, 0.2) is 5.82 Å². The van der Waals surface area contributed by atoms with E-state index in [2.05, 4.69) is 76.2 Å². The minimum atomic E-state index is 0.0367. The van der Waals surface area contributed by atoms with Crippen molar-refractivity contribution in [3.63, 3.8) is 0 Å². The van der Waals surface area contributed by atoms with E-state index in [0.29, 0.717) is 11.7 Å². The Balaban J connectivity index is 1.65. The van der Waals surface area contributed by atoms with E-state index in [9.17, 15) is 0 Å². The number of ether oxygens (including phenoxy) is 1. The zero-order valence-corrected chi connectivity index (χ0v) is 16.3. The number of fused-ring (bicyclic) bond motifs is 4. The van der Waals surface area contributed by atoms with Gasteiger partial charge in [-0.15, -0.1) is 16.9 Å². The van der Waals surface area contributed by atoms with Gasteiger partial charge in [-0.05, 0) is 39.6 Å². The maximum absolute atomic E-state index is 5.72. The maximum atomic E-state index is 5.72. The van der Waals surface area contributed by atoms with Gasteiger partial charge in [-0.2, -0.15) is 0 Å². The van der Waals surface area contributed by atoms with E-state index in [0.717, 1.165) is 22.8 Å². The highest BCUT2D eigenvalue weighted by atomic mass is 32.2. The van der Waals surface area contributed by atoms with Crippen molar-refractivity contribution in [1.82, 2.24) is 20.6 Å². The lowest BCUT2D eigenvalue weighted by Crippen LogP contribution is -2.44. The fraction of sp³-hybridized carbons (Fsp3) is 0.350. The molecule has 0 aliphatic carbocycles. The summed E-state index contributed by atoms with van der Waals surface area (Å²) in [7, 11) is 1.75. The zero-order chi connectivity index (χ0) is 18.6. The first kappa shape index (κ1) is 16.6. The van der Waals surface area contributed by atoms with Crippen LogP contribution in [0.2, 0.25) is 0 Å². The summed E-state index contributed by atoms with van der Waals surface area (Å²) in [6.45, 7) is 4.70. The minimum Gasteiger partial charge on any atom is -0.496 e. The lowest BCUT2D eigenvalue weighted by molar-refractivity contribution is 0.286. The first-order valence-electron chi connectivity index (χ1n) is 9.04. The van der Waals surface area contributed by atoms with E-state index in [1.807, 2.05) is 11.8 Å². The molecule has 3 heterocycles. The van der Waals surface area contributed by atoms with Crippen molar-refractivity contribution in [2.45, 2.75) is 30.2 Å². The molecule has 2 aromatic carbocycles. The number of anilines is 1. The molecule has 3 aromatic rings. The van der Waals surface area contributed by atoms with Gasteiger partial charge < -0.3 is 10.1 Å². The average Bonchev–Trinajstić information content (AvgIpc) is 3.21. The van der Waals surface area contributed by atoms with Gasteiger partial charge >= 0.3 is 0 Å². The maximum Gasteiger partial charge on any atom is 0.179 e. The van der Waals surface area contributed by atoms with Crippen molar-refractivity contribution in [3.05, 3.63) is 47.5 Å². The number of thioether (sulfide) groups is 1. The highest BCUT2D eigenvalue weighted by Gasteiger charge is 2.46. The molecule has 0 fully saturated rings. The summed E-state index contributed by atoms with van der Waals surface area (Å²) >= 11 is 1.93. The van der Waals surface area contributed by atoms with Gasteiger partial charge in [-0.3, -0.25) is 0 Å². The first-order valence-corrected chi connectivity index (χ1v) is 10.0. The van der Waals surface area contributed by atoms with Crippen LogP contribution >= 0.6 is 11.8 Å². The number of hydrogen-bond acceptors (Lipinski definition) is 6. The molecule has 7 heteroatoms. The predicted octanol–water partition coefficient (Wildman–Crippen LogP) is 4.04. The van der Waals surface area contributed by atoms with Crippen LogP contribution in [0.25, 0.3) is 11.4 Å². The molecule has 1 aromatic heterocycles. The smallest absolute Gasteiger partial charge is 0.179 e. The molecule has 138 valence electrons. The third kappa shape index (κ3) is 2.45. The molecule has 0 bridgehead atoms. The molecule has 27 heavy (non-hydrogen) atoms. The van der Waals surface area contributed by atoms with E-state index in [-0.39, 0.29) is 11.5 Å². The fourth-order valence-corrected chi connectivity index (χ4v) is 5.96. The Morgan fingerprint density at radius 1 is 1.22 bits per heavy atom. The molecular formula is C20H21N5OS. The van der Waals surface area contributed by atoms with Crippen LogP contribution in [0.1, 0.15) is 31.0 Å². The highest BCUT2D eigenvalue weighted by molar-refractivity contribution is 7.99. The number of aromatic nitrogens is 4. The second-order valence-electron chi connectivity index (χ2n) is 7.64. The van der Waals surface area contributed by atoms with Crippen molar-refractivity contribution >= 4 is 17.4 Å². The Bertz CT molecular complexity index is 987. The molecule has 2 aliphatic rings. The summed E-state index contributed by atoms with van der Waals surface area (Å²) in [5.41, 5.74) is 4.75. The van der Waals surface area contributed by atoms with E-state index in [4.69, 9.17) is 4.74 Å². The summed E-state index contributed by atoms with van der Waals surface area (Å²) in [6, 6.07) is 13.0. The van der Waals surface area contributed by atoms with Crippen LogP contribution in [0.3, 0.4) is 0 Å². The number of tetrazole rings is 1. The van der Waals surface area contributed by atoms with E-state index < -0.39 is 0 Å². The van der Waals surface area contributed by atoms with Crippen molar-refractivity contribution in [3.8, 4) is 17.1 Å². The van der Waals surface area contributed by atoms with Crippen LogP contribution in [0.5, 0.6) is 5.75 Å². The van der Waals surface area contributed by atoms with Gasteiger partial charge in [0.1, 0.15) is 5.75 Å². The Morgan fingerprint density at radius 3 is 2.89 bits per heavy atom. The van der Waals surface area contributed by atoms with Crippen molar-refractivity contribution in [1.29, 1.82) is 0 Å². The second-order valence-corrected chi connectivity index (χ2v) is 8.71. The molecule has 0 spiro atoms. The number of H-pyrrole nitrogens is 1. The summed E-state index contributed by atoms with van der Waals surface area (Å²) in [6.07, 6.45) is 0. The molecule has 0 saturated carbocycles. The Morgan fingerprint density at radius 2 is 2.11 bits per heavy atom. The molecule has 0 unspecified atom stereocenters. The van der Waals surface area contributed by atoms with Crippen molar-refractivity contribution in [2.24, 2.45) is 5.92 Å². The number of methoxy groups -OCH3 is 1. The van der Waals surface area contributed by atoms with Crippen LogP contribution in [-0.4, -0.2) is 33.5 Å². The first-order chi connectivity index (χ1) is 13.1. The summed E-state index contributed by atoms with van der Waals surface area (Å²) in [5, 5.41) is 18.1. The number of rotatable bonds is 2. The topological polar surface area (TPSA) is 75.7 Å². The van der Waals surface area contributed by atoms with Gasteiger partial charge in [0, 0.05) is 33.4 Å².